The fraction of sp³-hybridized carbons (Fsp3) is 0. The number of phosphoric acid groups is 2. The van der Waals surface area contributed by atoms with Crippen molar-refractivity contribution < 1.29 is 33.0 Å². The van der Waals surface area contributed by atoms with E-state index in [9.17, 15) is 9.13 Å². The van der Waals surface area contributed by atoms with Crippen molar-refractivity contribution in [3.05, 3.63) is 0 Å². The van der Waals surface area contributed by atoms with Gasteiger partial charge in [0.05, 0.1) is 0 Å². The van der Waals surface area contributed by atoms with Crippen molar-refractivity contribution in [2.24, 2.45) is 0 Å². The van der Waals surface area contributed by atoms with Gasteiger partial charge in [0.1, 0.15) is 0 Å². The Labute approximate surface area is 113 Å². The van der Waals surface area contributed by atoms with Crippen LogP contribution in [0.4, 0.5) is 0 Å². The summed E-state index contributed by atoms with van der Waals surface area (Å²) >= 11 is -0.639. The van der Waals surface area contributed by atoms with E-state index in [0.29, 0.717) is 0 Å². The van der Waals surface area contributed by atoms with Gasteiger partial charge in [0.2, 0.25) is 0 Å². The summed E-state index contributed by atoms with van der Waals surface area (Å²) in [7, 11) is -0.295. The van der Waals surface area contributed by atoms with E-state index < -0.39 is 33.8 Å². The Kier molecular flexibility index (Phi) is 15.8. The third-order valence-electron chi connectivity index (χ3n) is 0.213. The Balaban J connectivity index is -0.000000220. The molecule has 0 aromatic rings. The predicted molar refractivity (Wildman–Crippen MR) is 49.8 cm³/mol. The second-order valence-electron chi connectivity index (χ2n) is 1.16. The SMILES string of the molecule is O=P(O)(O)OP(=O)(O)O.[Cl][Mg][Cl].[NaH]. The topological polar surface area (TPSA) is 124 Å². The summed E-state index contributed by atoms with van der Waals surface area (Å²) in [4.78, 5) is 31.0. The van der Waals surface area contributed by atoms with Crippen molar-refractivity contribution in [1.29, 1.82) is 0 Å². The molecule has 0 spiro atoms. The van der Waals surface area contributed by atoms with Gasteiger partial charge in [-0.3, -0.25) is 0 Å². The van der Waals surface area contributed by atoms with Gasteiger partial charge in [-0.05, 0) is 0 Å². The molecule has 0 aliphatic carbocycles. The van der Waals surface area contributed by atoms with Crippen LogP contribution in [0.15, 0.2) is 0 Å². The summed E-state index contributed by atoms with van der Waals surface area (Å²) < 4.78 is 22.2. The average molecular weight is 297 g/mol. The summed E-state index contributed by atoms with van der Waals surface area (Å²) in [5.41, 5.74) is 0. The van der Waals surface area contributed by atoms with Crippen molar-refractivity contribution >= 4 is 81.5 Å². The normalized spacial score (nSPS) is 10.3. The molecule has 0 atom stereocenters. The van der Waals surface area contributed by atoms with E-state index in [-0.39, 0.29) is 29.6 Å². The van der Waals surface area contributed by atoms with Gasteiger partial charge in [-0.2, -0.15) is 4.31 Å². The molecule has 0 fully saturated rings. The van der Waals surface area contributed by atoms with Gasteiger partial charge in [0.25, 0.3) is 0 Å². The predicted octanol–water partition coefficient (Wildman–Crippen LogP) is -0.462. The van der Waals surface area contributed by atoms with E-state index in [4.69, 9.17) is 37.7 Å². The van der Waals surface area contributed by atoms with E-state index >= 15 is 0 Å². The van der Waals surface area contributed by atoms with E-state index in [2.05, 4.69) is 4.31 Å². The molecular weight excluding hydrogens is 292 g/mol. The number of hydrogen-bond donors (Lipinski definition) is 4. The zero-order chi connectivity index (χ0) is 10.4. The Morgan fingerprint density at radius 3 is 1.15 bits per heavy atom. The van der Waals surface area contributed by atoms with Gasteiger partial charge < -0.3 is 37.7 Å². The third kappa shape index (κ3) is 31.3. The standard InChI is InChI=1S/2ClH.Mg.Na.H4O7P2.H/c;;;;1-8(2,3)7-9(4,5)6;/h2*1H;;;(H2,1,2,3)(H2,4,5,6);/q;;+2;;;/p-2. The molecule has 0 saturated heterocycles. The van der Waals surface area contributed by atoms with Crippen molar-refractivity contribution in [3.63, 3.8) is 0 Å². The summed E-state index contributed by atoms with van der Waals surface area (Å²) in [5, 5.41) is 0. The van der Waals surface area contributed by atoms with Crippen LogP contribution in [0.1, 0.15) is 0 Å². The van der Waals surface area contributed by atoms with E-state index in [1.165, 1.54) is 0 Å². The molecule has 13 heteroatoms. The Morgan fingerprint density at radius 2 is 1.15 bits per heavy atom. The number of hydrogen-bond acceptors (Lipinski definition) is 3. The van der Waals surface area contributed by atoms with Crippen LogP contribution in [-0.4, -0.2) is 67.3 Å². The maximum atomic E-state index is 9.63. The van der Waals surface area contributed by atoms with Crippen molar-refractivity contribution in [2.75, 3.05) is 0 Å². The zero-order valence-corrected chi connectivity index (χ0v) is 10.1. The Morgan fingerprint density at radius 1 is 1.00 bits per heavy atom. The van der Waals surface area contributed by atoms with Gasteiger partial charge in [0.15, 0.2) is 0 Å². The molecule has 0 unspecified atom stereocenters. The van der Waals surface area contributed by atoms with E-state index in [1.54, 1.807) is 0 Å². The fourth-order valence-corrected chi connectivity index (χ4v) is 1.25. The first kappa shape index (κ1) is 21.0. The Bertz CT molecular complexity index is 177. The van der Waals surface area contributed by atoms with Crippen LogP contribution < -0.4 is 0 Å². The Hall–Kier alpha value is 2.61. The quantitative estimate of drug-likeness (QED) is 0.401. The van der Waals surface area contributed by atoms with Crippen LogP contribution in [0.3, 0.4) is 0 Å². The second kappa shape index (κ2) is 9.81. The van der Waals surface area contributed by atoms with E-state index in [1.807, 2.05) is 0 Å². The second-order valence-corrected chi connectivity index (χ2v) is 6.41. The molecule has 0 aromatic carbocycles. The average Bonchev–Trinajstić information content (AvgIpc) is 1.53. The maximum absolute atomic E-state index is 9.63. The first-order chi connectivity index (χ1) is 5.12. The van der Waals surface area contributed by atoms with Crippen molar-refractivity contribution in [1.82, 2.24) is 0 Å². The van der Waals surface area contributed by atoms with Gasteiger partial charge in [0, 0.05) is 0 Å². The molecule has 0 radical (unpaired) electrons. The first-order valence-electron chi connectivity index (χ1n) is 2.06. The third-order valence-corrected chi connectivity index (χ3v) is 1.91. The van der Waals surface area contributed by atoms with Crippen molar-refractivity contribution in [2.45, 2.75) is 0 Å². The minimum absolute atomic E-state index is 0. The van der Waals surface area contributed by atoms with E-state index in [0.717, 1.165) is 0 Å². The zero-order valence-electron chi connectivity index (χ0n) is 5.37. The minimum atomic E-state index is -5.05. The van der Waals surface area contributed by atoms with Gasteiger partial charge in [-0.25, -0.2) is 9.13 Å². The summed E-state index contributed by atoms with van der Waals surface area (Å²) in [6.45, 7) is 0. The molecule has 0 saturated carbocycles. The molecule has 0 aliphatic heterocycles. The van der Waals surface area contributed by atoms with Crippen molar-refractivity contribution in [3.8, 4) is 0 Å². The van der Waals surface area contributed by atoms with Crippen LogP contribution in [-0.2, 0) is 13.4 Å². The van der Waals surface area contributed by atoms with Crippen LogP contribution in [0.25, 0.3) is 0 Å². The van der Waals surface area contributed by atoms with Crippen LogP contribution >= 0.6 is 33.8 Å². The van der Waals surface area contributed by atoms with Gasteiger partial charge in [-0.1, -0.05) is 0 Å². The van der Waals surface area contributed by atoms with Gasteiger partial charge in [-0.15, -0.1) is 0 Å². The molecule has 0 rings (SSSR count). The number of halogens is 2. The van der Waals surface area contributed by atoms with Gasteiger partial charge >= 0.3 is 63.4 Å². The molecule has 0 bridgehead atoms. The summed E-state index contributed by atoms with van der Waals surface area (Å²) in [5.74, 6) is 0. The molecule has 7 nitrogen and oxygen atoms in total. The van der Waals surface area contributed by atoms with Crippen LogP contribution in [0.5, 0.6) is 0 Å². The molecule has 0 aliphatic rings. The summed E-state index contributed by atoms with van der Waals surface area (Å²) in [6.07, 6.45) is 0. The molecule has 74 valence electrons. The number of rotatable bonds is 2. The molecule has 4 N–H and O–H groups in total. The monoisotopic (exact) mass is 296 g/mol. The molecule has 0 aromatic heterocycles. The summed E-state index contributed by atoms with van der Waals surface area (Å²) in [6, 6.07) is 0. The molecule has 13 heavy (non-hydrogen) atoms. The van der Waals surface area contributed by atoms with Crippen LogP contribution in [0, 0.1) is 0 Å². The first-order valence-corrected chi connectivity index (χ1v) is 9.40. The molecule has 0 amide bonds. The fourth-order valence-electron chi connectivity index (χ4n) is 0.139. The molecule has 0 heterocycles. The van der Waals surface area contributed by atoms with Crippen LogP contribution in [0.2, 0.25) is 0 Å². The molecular formula is H5Cl2MgNaO7P2.